The number of hydrogen-bond acceptors (Lipinski definition) is 3. The van der Waals surface area contributed by atoms with Gasteiger partial charge in [0.15, 0.2) is 0 Å². The zero-order valence-electron chi connectivity index (χ0n) is 10.7. The maximum atomic E-state index is 6.01. The van der Waals surface area contributed by atoms with E-state index in [1.165, 1.54) is 3.57 Å². The van der Waals surface area contributed by atoms with E-state index in [-0.39, 0.29) is 0 Å². The smallest absolute Gasteiger partial charge is 0.124 e. The Morgan fingerprint density at radius 1 is 1.25 bits per heavy atom. The molecule has 2 aromatic heterocycles. The van der Waals surface area contributed by atoms with Crippen molar-refractivity contribution < 1.29 is 0 Å². The molecule has 0 fully saturated rings. The number of imidazole rings is 1. The molecule has 20 heavy (non-hydrogen) atoms. The summed E-state index contributed by atoms with van der Waals surface area (Å²) in [6, 6.07) is 6.28. The van der Waals surface area contributed by atoms with E-state index in [0.29, 0.717) is 5.88 Å². The van der Waals surface area contributed by atoms with Crippen LogP contribution in [0.1, 0.15) is 12.2 Å². The van der Waals surface area contributed by atoms with Gasteiger partial charge >= 0.3 is 0 Å². The number of fused-ring (bicyclic) bond motifs is 1. The summed E-state index contributed by atoms with van der Waals surface area (Å²) in [5.74, 6) is 1.34. The van der Waals surface area contributed by atoms with Crippen LogP contribution in [0.25, 0.3) is 11.0 Å². The third-order valence-corrected chi connectivity index (χ3v) is 4.06. The van der Waals surface area contributed by atoms with E-state index in [1.807, 2.05) is 10.9 Å². The van der Waals surface area contributed by atoms with Gasteiger partial charge in [-0.3, -0.25) is 4.68 Å². The minimum Gasteiger partial charge on any atom is -0.327 e. The molecular weight excluding hydrogens is 389 g/mol. The van der Waals surface area contributed by atoms with Crippen LogP contribution < -0.4 is 0 Å². The molecule has 104 valence electrons. The number of benzene rings is 1. The van der Waals surface area contributed by atoms with Gasteiger partial charge in [-0.2, -0.15) is 0 Å². The Bertz CT molecular complexity index is 707. The largest absolute Gasteiger partial charge is 0.327 e. The monoisotopic (exact) mass is 401 g/mol. The van der Waals surface area contributed by atoms with Gasteiger partial charge in [-0.1, -0.05) is 5.21 Å². The molecular formula is C13H13ClIN5. The van der Waals surface area contributed by atoms with E-state index < -0.39 is 0 Å². The van der Waals surface area contributed by atoms with Crippen LogP contribution in [0.4, 0.5) is 0 Å². The zero-order valence-corrected chi connectivity index (χ0v) is 13.6. The van der Waals surface area contributed by atoms with Crippen LogP contribution >= 0.6 is 34.2 Å². The Morgan fingerprint density at radius 3 is 2.90 bits per heavy atom. The Morgan fingerprint density at radius 2 is 2.15 bits per heavy atom. The van der Waals surface area contributed by atoms with Crippen molar-refractivity contribution in [3.05, 3.63) is 40.0 Å². The number of rotatable bonds is 5. The van der Waals surface area contributed by atoms with Crippen LogP contribution in [0, 0.1) is 3.57 Å². The molecule has 7 heteroatoms. The topological polar surface area (TPSA) is 48.5 Å². The standard InChI is InChI=1S/C13H13ClIN5/c14-9-13-17-11-8-10(15)2-3-12(11)20(13)6-1-5-19-7-4-16-18-19/h2-4,7-8H,1,5-6,9H2. The summed E-state index contributed by atoms with van der Waals surface area (Å²) >= 11 is 8.30. The van der Waals surface area contributed by atoms with Crippen molar-refractivity contribution in [3.63, 3.8) is 0 Å². The van der Waals surface area contributed by atoms with Gasteiger partial charge in [-0.05, 0) is 47.2 Å². The predicted molar refractivity (Wildman–Crippen MR) is 86.6 cm³/mol. The molecule has 5 nitrogen and oxygen atoms in total. The second-order valence-corrected chi connectivity index (χ2v) is 5.98. The summed E-state index contributed by atoms with van der Waals surface area (Å²) < 4.78 is 5.21. The molecule has 3 aromatic rings. The van der Waals surface area contributed by atoms with Crippen molar-refractivity contribution in [3.8, 4) is 0 Å². The summed E-state index contributed by atoms with van der Waals surface area (Å²) in [6.07, 6.45) is 4.53. The number of alkyl halides is 1. The number of halogens is 2. The van der Waals surface area contributed by atoms with E-state index in [2.05, 4.69) is 60.7 Å². The van der Waals surface area contributed by atoms with Crippen LogP contribution in [0.15, 0.2) is 30.6 Å². The van der Waals surface area contributed by atoms with Gasteiger partial charge in [0.2, 0.25) is 0 Å². The first-order chi connectivity index (χ1) is 9.78. The van der Waals surface area contributed by atoms with Crippen LogP contribution in [0.5, 0.6) is 0 Å². The van der Waals surface area contributed by atoms with E-state index in [0.717, 1.165) is 36.4 Å². The number of aromatic nitrogens is 5. The molecule has 0 saturated heterocycles. The number of hydrogen-bond donors (Lipinski definition) is 0. The van der Waals surface area contributed by atoms with Gasteiger partial charge in [0, 0.05) is 22.9 Å². The quantitative estimate of drug-likeness (QED) is 0.488. The molecule has 0 saturated carbocycles. The highest BCUT2D eigenvalue weighted by atomic mass is 127. The lowest BCUT2D eigenvalue weighted by molar-refractivity contribution is 0.514. The van der Waals surface area contributed by atoms with Crippen molar-refractivity contribution in [1.82, 2.24) is 24.5 Å². The molecule has 0 aliphatic rings. The van der Waals surface area contributed by atoms with Gasteiger partial charge in [-0.15, -0.1) is 16.7 Å². The molecule has 0 aliphatic heterocycles. The summed E-state index contributed by atoms with van der Waals surface area (Å²) in [5, 5.41) is 7.77. The molecule has 0 unspecified atom stereocenters. The Balaban J connectivity index is 1.82. The maximum Gasteiger partial charge on any atom is 0.124 e. The molecule has 3 rings (SSSR count). The van der Waals surface area contributed by atoms with Crippen molar-refractivity contribution in [2.45, 2.75) is 25.4 Å². The lowest BCUT2D eigenvalue weighted by Crippen LogP contribution is -2.07. The van der Waals surface area contributed by atoms with Crippen molar-refractivity contribution in [2.75, 3.05) is 0 Å². The Kier molecular flexibility index (Phi) is 4.21. The fourth-order valence-electron chi connectivity index (χ4n) is 2.25. The molecule has 0 amide bonds. The second-order valence-electron chi connectivity index (χ2n) is 4.47. The maximum absolute atomic E-state index is 6.01. The van der Waals surface area contributed by atoms with Gasteiger partial charge in [-0.25, -0.2) is 4.98 Å². The van der Waals surface area contributed by atoms with Crippen molar-refractivity contribution in [1.29, 1.82) is 0 Å². The molecule has 0 radical (unpaired) electrons. The van der Waals surface area contributed by atoms with Crippen LogP contribution in [-0.4, -0.2) is 24.5 Å². The highest BCUT2D eigenvalue weighted by Gasteiger charge is 2.10. The Hall–Kier alpha value is -1.15. The molecule has 0 bridgehead atoms. The fraction of sp³-hybridized carbons (Fsp3) is 0.308. The van der Waals surface area contributed by atoms with Crippen LogP contribution in [0.2, 0.25) is 0 Å². The third-order valence-electron chi connectivity index (χ3n) is 3.15. The first kappa shape index (κ1) is 13.8. The van der Waals surface area contributed by atoms with E-state index >= 15 is 0 Å². The van der Waals surface area contributed by atoms with Crippen molar-refractivity contribution in [2.24, 2.45) is 0 Å². The normalized spacial score (nSPS) is 11.3. The van der Waals surface area contributed by atoms with Gasteiger partial charge in [0.25, 0.3) is 0 Å². The summed E-state index contributed by atoms with van der Waals surface area (Å²) in [5.41, 5.74) is 2.15. The number of aryl methyl sites for hydroxylation is 2. The average molecular weight is 402 g/mol. The predicted octanol–water partition coefficient (Wildman–Crippen LogP) is 3.06. The zero-order chi connectivity index (χ0) is 13.9. The molecule has 0 N–H and O–H groups in total. The fourth-order valence-corrected chi connectivity index (χ4v) is 2.93. The van der Waals surface area contributed by atoms with Crippen LogP contribution in [0.3, 0.4) is 0 Å². The summed E-state index contributed by atoms with van der Waals surface area (Å²) in [7, 11) is 0. The molecule has 2 heterocycles. The highest BCUT2D eigenvalue weighted by Crippen LogP contribution is 2.20. The summed E-state index contributed by atoms with van der Waals surface area (Å²) in [6.45, 7) is 1.71. The number of nitrogens with zero attached hydrogens (tertiary/aromatic N) is 5. The van der Waals surface area contributed by atoms with E-state index in [9.17, 15) is 0 Å². The van der Waals surface area contributed by atoms with Gasteiger partial charge in [0.05, 0.1) is 23.1 Å². The van der Waals surface area contributed by atoms with Gasteiger partial charge in [0.1, 0.15) is 5.82 Å². The molecule has 0 atom stereocenters. The first-order valence-electron chi connectivity index (χ1n) is 6.32. The third kappa shape index (κ3) is 2.80. The average Bonchev–Trinajstić information content (AvgIpc) is 3.06. The van der Waals surface area contributed by atoms with Crippen molar-refractivity contribution >= 4 is 45.2 Å². The molecule has 0 spiro atoms. The second kappa shape index (κ2) is 6.09. The SMILES string of the molecule is ClCc1nc2cc(I)ccc2n1CCCn1ccnn1. The lowest BCUT2D eigenvalue weighted by atomic mass is 10.3. The Labute approximate surface area is 135 Å². The lowest BCUT2D eigenvalue weighted by Gasteiger charge is -2.07. The highest BCUT2D eigenvalue weighted by molar-refractivity contribution is 14.1. The molecule has 1 aromatic carbocycles. The minimum atomic E-state index is 0.425. The van der Waals surface area contributed by atoms with E-state index in [1.54, 1.807) is 6.20 Å². The van der Waals surface area contributed by atoms with Crippen LogP contribution in [-0.2, 0) is 19.0 Å². The summed E-state index contributed by atoms with van der Waals surface area (Å²) in [4.78, 5) is 4.60. The minimum absolute atomic E-state index is 0.425. The van der Waals surface area contributed by atoms with Gasteiger partial charge < -0.3 is 4.57 Å². The van der Waals surface area contributed by atoms with E-state index in [4.69, 9.17) is 11.6 Å². The first-order valence-corrected chi connectivity index (χ1v) is 7.94. The molecule has 0 aliphatic carbocycles.